The minimum atomic E-state index is -4.31. The smallest absolute Gasteiger partial charge is 0.166 e. The van der Waals surface area contributed by atoms with Gasteiger partial charge in [-0.05, 0) is 111 Å². The zero-order valence-electron chi connectivity index (χ0n) is 18.0. The van der Waals surface area contributed by atoms with Gasteiger partial charge in [0.1, 0.15) is 0 Å². The van der Waals surface area contributed by atoms with E-state index >= 15 is 0 Å². The summed E-state index contributed by atoms with van der Waals surface area (Å²) in [7, 11) is 0. The first-order chi connectivity index (χ1) is 14.9. The van der Waals surface area contributed by atoms with Crippen molar-refractivity contribution in [2.24, 2.45) is 17.8 Å². The lowest BCUT2D eigenvalue weighted by Crippen LogP contribution is -2.30. The highest BCUT2D eigenvalue weighted by atomic mass is 19.4. The Balaban J connectivity index is 1.37. The minimum absolute atomic E-state index is 0.587. The van der Waals surface area contributed by atoms with E-state index in [0.29, 0.717) is 11.5 Å². The normalized spacial score (nSPS) is 26.2. The molecular formula is C28H29F3. The van der Waals surface area contributed by atoms with Crippen LogP contribution in [-0.4, -0.2) is 0 Å². The van der Waals surface area contributed by atoms with Crippen LogP contribution in [0.15, 0.2) is 60.7 Å². The quantitative estimate of drug-likeness (QED) is 0.340. The van der Waals surface area contributed by atoms with Crippen LogP contribution in [0.25, 0.3) is 0 Å². The maximum Gasteiger partial charge on any atom is 0.416 e. The number of benzene rings is 2. The van der Waals surface area contributed by atoms with Crippen LogP contribution in [0.5, 0.6) is 0 Å². The molecule has 0 spiro atoms. The molecule has 0 heterocycles. The van der Waals surface area contributed by atoms with Gasteiger partial charge < -0.3 is 0 Å². The van der Waals surface area contributed by atoms with Crippen LogP contribution in [0.1, 0.15) is 73.6 Å². The highest BCUT2D eigenvalue weighted by molar-refractivity contribution is 5.44. The molecule has 0 amide bonds. The monoisotopic (exact) mass is 422 g/mol. The Morgan fingerprint density at radius 1 is 0.774 bits per heavy atom. The van der Waals surface area contributed by atoms with E-state index in [1.54, 1.807) is 0 Å². The average molecular weight is 423 g/mol. The third-order valence-corrected chi connectivity index (χ3v) is 7.06. The van der Waals surface area contributed by atoms with E-state index in [0.717, 1.165) is 35.4 Å². The van der Waals surface area contributed by atoms with Crippen LogP contribution in [0.3, 0.4) is 0 Å². The highest BCUT2D eigenvalue weighted by Gasteiger charge is 2.35. The van der Waals surface area contributed by atoms with Crippen LogP contribution in [0, 0.1) is 29.6 Å². The number of hydrogen-bond donors (Lipinski definition) is 0. The van der Waals surface area contributed by atoms with Crippen molar-refractivity contribution < 1.29 is 13.2 Å². The van der Waals surface area contributed by atoms with E-state index in [1.807, 2.05) is 12.1 Å². The van der Waals surface area contributed by atoms with E-state index in [-0.39, 0.29) is 0 Å². The lowest BCUT2D eigenvalue weighted by atomic mass is 9.64. The molecule has 0 nitrogen and oxygen atoms in total. The van der Waals surface area contributed by atoms with E-state index in [9.17, 15) is 13.2 Å². The number of alkyl halides is 3. The largest absolute Gasteiger partial charge is 0.416 e. The molecule has 3 heteroatoms. The SMILES string of the molecule is C/C=C/C1CCC2CC(c3ccc(C#Cc4ccc(C(F)(F)F)cc4)cc3)CCC2C1. The van der Waals surface area contributed by atoms with Crippen molar-refractivity contribution in [3.8, 4) is 11.8 Å². The standard InChI is InChI=1S/C28H29F3/c1-2-3-22-8-13-26-19-25(15-14-24(26)18-22)23-11-6-20(7-12-23)4-5-21-9-16-27(17-10-21)28(29,30)31/h2-3,6-7,9-12,16-17,22,24-26H,8,13-15,18-19H2,1H3/b3-2+. The van der Waals surface area contributed by atoms with Gasteiger partial charge in [0, 0.05) is 11.1 Å². The Morgan fingerprint density at radius 3 is 1.97 bits per heavy atom. The topological polar surface area (TPSA) is 0 Å². The Morgan fingerprint density at radius 2 is 1.35 bits per heavy atom. The van der Waals surface area contributed by atoms with Gasteiger partial charge in [-0.2, -0.15) is 13.2 Å². The van der Waals surface area contributed by atoms with Gasteiger partial charge in [-0.15, -0.1) is 0 Å². The summed E-state index contributed by atoms with van der Waals surface area (Å²) in [5.74, 6) is 9.21. The minimum Gasteiger partial charge on any atom is -0.166 e. The van der Waals surface area contributed by atoms with Gasteiger partial charge in [0.05, 0.1) is 5.56 Å². The average Bonchev–Trinajstić information content (AvgIpc) is 2.78. The van der Waals surface area contributed by atoms with E-state index < -0.39 is 11.7 Å². The number of halogens is 3. The molecule has 2 aliphatic rings. The second kappa shape index (κ2) is 9.35. The van der Waals surface area contributed by atoms with Crippen LogP contribution < -0.4 is 0 Å². The summed E-state index contributed by atoms with van der Waals surface area (Å²) in [6.07, 6.45) is 8.23. The molecule has 0 N–H and O–H groups in total. The molecule has 31 heavy (non-hydrogen) atoms. The second-order valence-corrected chi connectivity index (χ2v) is 9.08. The zero-order valence-corrected chi connectivity index (χ0v) is 18.0. The van der Waals surface area contributed by atoms with Gasteiger partial charge in [-0.3, -0.25) is 0 Å². The maximum absolute atomic E-state index is 12.7. The van der Waals surface area contributed by atoms with Crippen LogP contribution >= 0.6 is 0 Å². The summed E-state index contributed by atoms with van der Waals surface area (Å²) in [5, 5.41) is 0. The van der Waals surface area contributed by atoms with Crippen molar-refractivity contribution in [2.45, 2.75) is 57.5 Å². The van der Waals surface area contributed by atoms with Crippen molar-refractivity contribution in [1.82, 2.24) is 0 Å². The van der Waals surface area contributed by atoms with Crippen molar-refractivity contribution in [3.63, 3.8) is 0 Å². The molecule has 4 atom stereocenters. The van der Waals surface area contributed by atoms with Crippen molar-refractivity contribution in [2.75, 3.05) is 0 Å². The zero-order chi connectivity index (χ0) is 21.8. The summed E-state index contributed by atoms with van der Waals surface area (Å²) >= 11 is 0. The van der Waals surface area contributed by atoms with Crippen LogP contribution in [-0.2, 0) is 6.18 Å². The van der Waals surface area contributed by atoms with Crippen LogP contribution in [0.2, 0.25) is 0 Å². The van der Waals surface area contributed by atoms with Crippen molar-refractivity contribution in [3.05, 3.63) is 82.9 Å². The summed E-state index contributed by atoms with van der Waals surface area (Å²) in [5.41, 5.74) is 2.23. The third-order valence-electron chi connectivity index (χ3n) is 7.06. The number of allylic oxidation sites excluding steroid dienone is 2. The molecule has 0 bridgehead atoms. The van der Waals surface area contributed by atoms with Gasteiger partial charge >= 0.3 is 6.18 Å². The number of fused-ring (bicyclic) bond motifs is 1. The predicted molar refractivity (Wildman–Crippen MR) is 120 cm³/mol. The molecule has 0 saturated heterocycles. The number of rotatable bonds is 2. The summed E-state index contributed by atoms with van der Waals surface area (Å²) in [6.45, 7) is 2.13. The molecule has 2 aliphatic carbocycles. The fourth-order valence-corrected chi connectivity index (χ4v) is 5.40. The third kappa shape index (κ3) is 5.42. The lowest BCUT2D eigenvalue weighted by molar-refractivity contribution is -0.137. The Hall–Kier alpha value is -2.47. The van der Waals surface area contributed by atoms with E-state index in [4.69, 9.17) is 0 Å². The summed E-state index contributed by atoms with van der Waals surface area (Å²) < 4.78 is 38.0. The molecular weight excluding hydrogens is 393 g/mol. The molecule has 2 fully saturated rings. The first-order valence-corrected chi connectivity index (χ1v) is 11.3. The van der Waals surface area contributed by atoms with Gasteiger partial charge in [-0.1, -0.05) is 36.1 Å². The first-order valence-electron chi connectivity index (χ1n) is 11.3. The Labute approximate surface area is 183 Å². The molecule has 162 valence electrons. The summed E-state index contributed by atoms with van der Waals surface area (Å²) in [4.78, 5) is 0. The molecule has 2 saturated carbocycles. The first kappa shape index (κ1) is 21.8. The second-order valence-electron chi connectivity index (χ2n) is 9.08. The van der Waals surface area contributed by atoms with Crippen molar-refractivity contribution >= 4 is 0 Å². The Kier molecular flexibility index (Phi) is 6.56. The summed E-state index contributed by atoms with van der Waals surface area (Å²) in [6, 6.07) is 13.5. The predicted octanol–water partition coefficient (Wildman–Crippen LogP) is 7.98. The molecule has 2 aromatic carbocycles. The molecule has 0 aromatic heterocycles. The lowest BCUT2D eigenvalue weighted by Gasteiger charge is -2.41. The fourth-order valence-electron chi connectivity index (χ4n) is 5.40. The van der Waals surface area contributed by atoms with Gasteiger partial charge in [0.25, 0.3) is 0 Å². The van der Waals surface area contributed by atoms with Gasteiger partial charge in [-0.25, -0.2) is 0 Å². The fraction of sp³-hybridized carbons (Fsp3) is 0.429. The van der Waals surface area contributed by atoms with Gasteiger partial charge in [0.15, 0.2) is 0 Å². The molecule has 4 rings (SSSR count). The number of hydrogen-bond acceptors (Lipinski definition) is 0. The highest BCUT2D eigenvalue weighted by Crippen LogP contribution is 2.47. The van der Waals surface area contributed by atoms with E-state index in [1.165, 1.54) is 56.2 Å². The van der Waals surface area contributed by atoms with Crippen molar-refractivity contribution in [1.29, 1.82) is 0 Å². The van der Waals surface area contributed by atoms with Crippen LogP contribution in [0.4, 0.5) is 13.2 Å². The van der Waals surface area contributed by atoms with E-state index in [2.05, 4.69) is 43.0 Å². The molecule has 2 aromatic rings. The van der Waals surface area contributed by atoms with Gasteiger partial charge in [0.2, 0.25) is 0 Å². The Bertz CT molecular complexity index is 955. The maximum atomic E-state index is 12.7. The molecule has 0 aliphatic heterocycles. The molecule has 4 unspecified atom stereocenters. The molecule has 0 radical (unpaired) electrons.